The van der Waals surface area contributed by atoms with Crippen LogP contribution in [0.5, 0.6) is 0 Å². The van der Waals surface area contributed by atoms with E-state index in [0.717, 1.165) is 68.7 Å². The fourth-order valence-electron chi connectivity index (χ4n) is 5.18. The number of nitrogens with one attached hydrogen (secondary N) is 1. The Labute approximate surface area is 176 Å². The maximum Gasteiger partial charge on any atom is 0.412 e. The van der Waals surface area contributed by atoms with Crippen LogP contribution in [0, 0.1) is 0 Å². The van der Waals surface area contributed by atoms with Gasteiger partial charge in [0.2, 0.25) is 0 Å². The van der Waals surface area contributed by atoms with Gasteiger partial charge in [0.1, 0.15) is 5.60 Å². The van der Waals surface area contributed by atoms with Crippen LogP contribution >= 0.6 is 0 Å². The topological polar surface area (TPSA) is 61.9 Å². The zero-order chi connectivity index (χ0) is 20.6. The van der Waals surface area contributed by atoms with Gasteiger partial charge in [0.25, 0.3) is 5.91 Å². The highest BCUT2D eigenvalue weighted by atomic mass is 16.6. The van der Waals surface area contributed by atoms with Gasteiger partial charge in [0.05, 0.1) is 5.69 Å². The van der Waals surface area contributed by atoms with Crippen molar-refractivity contribution >= 4 is 17.7 Å². The summed E-state index contributed by atoms with van der Waals surface area (Å²) < 4.78 is 5.84. The van der Waals surface area contributed by atoms with Crippen LogP contribution in [0.25, 0.3) is 0 Å². The summed E-state index contributed by atoms with van der Waals surface area (Å²) in [6.45, 7) is 3.39. The number of benzene rings is 2. The number of rotatable bonds is 2. The van der Waals surface area contributed by atoms with Gasteiger partial charge in [-0.15, -0.1) is 0 Å². The largest absolute Gasteiger partial charge is 0.438 e. The molecule has 1 spiro atoms. The number of hydrogen-bond acceptors (Lipinski definition) is 4. The van der Waals surface area contributed by atoms with Gasteiger partial charge in [-0.05, 0) is 31.0 Å². The van der Waals surface area contributed by atoms with Crippen molar-refractivity contribution in [3.05, 3.63) is 65.7 Å². The molecule has 2 aromatic rings. The normalized spacial score (nSPS) is 21.6. The molecular formula is C24H27N3O3. The molecule has 5 rings (SSSR count). The molecule has 6 heteroatoms. The third-order valence-corrected chi connectivity index (χ3v) is 6.84. The van der Waals surface area contributed by atoms with Crippen molar-refractivity contribution in [3.63, 3.8) is 0 Å². The van der Waals surface area contributed by atoms with Crippen LogP contribution < -0.4 is 5.32 Å². The van der Waals surface area contributed by atoms with Crippen LogP contribution in [0.1, 0.15) is 41.6 Å². The molecule has 2 saturated heterocycles. The number of amides is 2. The molecule has 3 aliphatic rings. The predicted molar refractivity (Wildman–Crippen MR) is 114 cm³/mol. The van der Waals surface area contributed by atoms with E-state index >= 15 is 0 Å². The van der Waals surface area contributed by atoms with Crippen molar-refractivity contribution in [1.29, 1.82) is 0 Å². The zero-order valence-corrected chi connectivity index (χ0v) is 17.0. The Balaban J connectivity index is 1.21. The zero-order valence-electron chi connectivity index (χ0n) is 17.0. The number of ether oxygens (including phenoxy) is 1. The SMILES string of the molecule is O=C1Nc2ccccc2C2(CCN(C3CCN(C(=O)c4ccccc4)CC3)CC2)O1. The van der Waals surface area contributed by atoms with Gasteiger partial charge in [-0.1, -0.05) is 36.4 Å². The Morgan fingerprint density at radius 3 is 2.33 bits per heavy atom. The van der Waals surface area contributed by atoms with E-state index in [1.165, 1.54) is 0 Å². The van der Waals surface area contributed by atoms with Gasteiger partial charge in [-0.2, -0.15) is 0 Å². The van der Waals surface area contributed by atoms with Gasteiger partial charge in [-0.25, -0.2) is 4.79 Å². The lowest BCUT2D eigenvalue weighted by molar-refractivity contribution is -0.0500. The highest BCUT2D eigenvalue weighted by Crippen LogP contribution is 2.44. The molecule has 30 heavy (non-hydrogen) atoms. The summed E-state index contributed by atoms with van der Waals surface area (Å²) in [5.74, 6) is 0.130. The first-order valence-electron chi connectivity index (χ1n) is 10.8. The minimum absolute atomic E-state index is 0.130. The average Bonchev–Trinajstić information content (AvgIpc) is 2.80. The minimum atomic E-state index is -0.514. The number of hydrogen-bond donors (Lipinski definition) is 1. The molecule has 1 N–H and O–H groups in total. The molecule has 0 radical (unpaired) electrons. The van der Waals surface area contributed by atoms with Gasteiger partial charge < -0.3 is 9.64 Å². The summed E-state index contributed by atoms with van der Waals surface area (Å²) in [7, 11) is 0. The first-order valence-corrected chi connectivity index (χ1v) is 10.8. The molecular weight excluding hydrogens is 378 g/mol. The van der Waals surface area contributed by atoms with Crippen LogP contribution in [0.15, 0.2) is 54.6 Å². The third-order valence-electron chi connectivity index (χ3n) is 6.84. The van der Waals surface area contributed by atoms with Crippen molar-refractivity contribution in [2.45, 2.75) is 37.3 Å². The fraction of sp³-hybridized carbons (Fsp3) is 0.417. The van der Waals surface area contributed by atoms with Crippen LogP contribution in [0.4, 0.5) is 10.5 Å². The lowest BCUT2D eigenvalue weighted by atomic mass is 9.81. The molecule has 6 nitrogen and oxygen atoms in total. The highest BCUT2D eigenvalue weighted by molar-refractivity contribution is 5.94. The highest BCUT2D eigenvalue weighted by Gasteiger charge is 2.45. The van der Waals surface area contributed by atoms with Crippen molar-refractivity contribution < 1.29 is 14.3 Å². The number of fused-ring (bicyclic) bond motifs is 2. The maximum absolute atomic E-state index is 12.7. The smallest absolute Gasteiger partial charge is 0.412 e. The summed E-state index contributed by atoms with van der Waals surface area (Å²) in [6.07, 6.45) is 3.24. The summed E-state index contributed by atoms with van der Waals surface area (Å²) in [4.78, 5) is 29.3. The Morgan fingerprint density at radius 2 is 1.60 bits per heavy atom. The van der Waals surface area contributed by atoms with Crippen LogP contribution in [0.3, 0.4) is 0 Å². The van der Waals surface area contributed by atoms with Crippen molar-refractivity contribution in [1.82, 2.24) is 9.80 Å². The summed E-state index contributed by atoms with van der Waals surface area (Å²) in [5, 5.41) is 2.82. The fourth-order valence-corrected chi connectivity index (χ4v) is 5.18. The van der Waals surface area contributed by atoms with E-state index < -0.39 is 5.60 Å². The van der Waals surface area contributed by atoms with E-state index in [9.17, 15) is 9.59 Å². The molecule has 2 fully saturated rings. The minimum Gasteiger partial charge on any atom is -0.438 e. The third kappa shape index (κ3) is 3.45. The molecule has 0 bridgehead atoms. The summed E-state index contributed by atoms with van der Waals surface area (Å²) in [5.41, 5.74) is 2.21. The van der Waals surface area contributed by atoms with Gasteiger partial charge in [0, 0.05) is 56.2 Å². The molecule has 0 saturated carbocycles. The molecule has 0 atom stereocenters. The number of para-hydroxylation sites is 1. The molecule has 0 aromatic heterocycles. The number of anilines is 1. The van der Waals surface area contributed by atoms with Crippen molar-refractivity contribution in [3.8, 4) is 0 Å². The van der Waals surface area contributed by atoms with Gasteiger partial charge in [-0.3, -0.25) is 15.0 Å². The summed E-state index contributed by atoms with van der Waals surface area (Å²) >= 11 is 0. The Kier molecular flexibility index (Phi) is 4.95. The first kappa shape index (κ1) is 19.1. The van der Waals surface area contributed by atoms with Crippen LogP contribution in [0.2, 0.25) is 0 Å². The number of carbonyl (C=O) groups is 2. The molecule has 2 aromatic carbocycles. The van der Waals surface area contributed by atoms with E-state index in [0.29, 0.717) is 6.04 Å². The lowest BCUT2D eigenvalue weighted by Gasteiger charge is -2.47. The standard InChI is InChI=1S/C24H27N3O3/c28-22(18-6-2-1-3-7-18)27-14-10-19(11-15-27)26-16-12-24(13-17-26)20-8-4-5-9-21(20)25-23(29)30-24/h1-9,19H,10-17H2,(H,25,29). The first-order chi connectivity index (χ1) is 14.6. The van der Waals surface area contributed by atoms with Crippen molar-refractivity contribution in [2.24, 2.45) is 0 Å². The molecule has 3 heterocycles. The van der Waals surface area contributed by atoms with Gasteiger partial charge in [0.15, 0.2) is 0 Å². The quantitative estimate of drug-likeness (QED) is 0.825. The van der Waals surface area contributed by atoms with E-state index in [2.05, 4.69) is 16.3 Å². The number of likely N-dealkylation sites (tertiary alicyclic amines) is 2. The average molecular weight is 405 g/mol. The molecule has 0 aliphatic carbocycles. The Hall–Kier alpha value is -2.86. The van der Waals surface area contributed by atoms with Crippen LogP contribution in [-0.4, -0.2) is 54.0 Å². The Bertz CT molecular complexity index is 930. The molecule has 0 unspecified atom stereocenters. The van der Waals surface area contributed by atoms with Crippen molar-refractivity contribution in [2.75, 3.05) is 31.5 Å². The Morgan fingerprint density at radius 1 is 0.933 bits per heavy atom. The molecule has 2 amide bonds. The lowest BCUT2D eigenvalue weighted by Crippen LogP contribution is -2.53. The second-order valence-corrected chi connectivity index (χ2v) is 8.48. The number of nitrogens with zero attached hydrogens (tertiary/aromatic N) is 2. The van der Waals surface area contributed by atoms with E-state index in [4.69, 9.17) is 4.74 Å². The predicted octanol–water partition coefficient (Wildman–Crippen LogP) is 3.84. The summed E-state index contributed by atoms with van der Waals surface area (Å²) in [6, 6.07) is 18.0. The van der Waals surface area contributed by atoms with E-state index in [1.54, 1.807) is 0 Å². The number of carbonyl (C=O) groups excluding carboxylic acids is 2. The van der Waals surface area contributed by atoms with E-state index in [1.807, 2.05) is 53.4 Å². The second-order valence-electron chi connectivity index (χ2n) is 8.48. The molecule has 3 aliphatic heterocycles. The maximum atomic E-state index is 12.7. The second kappa shape index (κ2) is 7.76. The molecule has 156 valence electrons. The van der Waals surface area contributed by atoms with Gasteiger partial charge >= 0.3 is 6.09 Å². The van der Waals surface area contributed by atoms with E-state index in [-0.39, 0.29) is 12.0 Å². The van der Waals surface area contributed by atoms with Crippen LogP contribution in [-0.2, 0) is 10.3 Å². The monoisotopic (exact) mass is 405 g/mol. The number of piperidine rings is 2.